The maximum Gasteiger partial charge on any atom is 0.387 e. The number of alkyl halides is 2. The molecule has 1 aliphatic rings. The summed E-state index contributed by atoms with van der Waals surface area (Å²) in [5.74, 6) is 0.730. The number of benzene rings is 2. The molecule has 1 fully saturated rings. The highest BCUT2D eigenvalue weighted by molar-refractivity contribution is 5.79. The van der Waals surface area contributed by atoms with Crippen LogP contribution in [-0.2, 0) is 29.2 Å². The number of guanidine groups is 1. The van der Waals surface area contributed by atoms with Crippen LogP contribution in [-0.4, -0.2) is 38.9 Å². The summed E-state index contributed by atoms with van der Waals surface area (Å²) in [4.78, 5) is 4.21. The van der Waals surface area contributed by atoms with Crippen LogP contribution in [0.4, 0.5) is 8.78 Å². The van der Waals surface area contributed by atoms with E-state index in [0.717, 1.165) is 42.7 Å². The van der Waals surface area contributed by atoms with Gasteiger partial charge in [-0.15, -0.1) is 0 Å². The normalized spacial score (nSPS) is 15.1. The Morgan fingerprint density at radius 2 is 1.75 bits per heavy atom. The third kappa shape index (κ3) is 7.76. The highest BCUT2D eigenvalue weighted by atomic mass is 19.3. The summed E-state index contributed by atoms with van der Waals surface area (Å²) in [5.41, 5.74) is 3.84. The maximum absolute atomic E-state index is 12.7. The van der Waals surface area contributed by atoms with Crippen molar-refractivity contribution in [2.75, 3.05) is 20.3 Å². The molecule has 0 unspecified atom stereocenters. The van der Waals surface area contributed by atoms with Crippen LogP contribution in [0.3, 0.4) is 0 Å². The zero-order valence-electron chi connectivity index (χ0n) is 18.6. The highest BCUT2D eigenvalue weighted by Crippen LogP contribution is 2.22. The van der Waals surface area contributed by atoms with Gasteiger partial charge >= 0.3 is 6.61 Å². The predicted octanol–water partition coefficient (Wildman–Crippen LogP) is 4.16. The average Bonchev–Trinajstić information content (AvgIpc) is 2.80. The van der Waals surface area contributed by atoms with Gasteiger partial charge < -0.3 is 24.8 Å². The maximum atomic E-state index is 12.7. The molecule has 1 aliphatic heterocycles. The Balaban J connectivity index is 1.46. The van der Waals surface area contributed by atoms with Gasteiger partial charge in [-0.1, -0.05) is 42.0 Å². The lowest BCUT2D eigenvalue weighted by molar-refractivity contribution is -0.0504. The van der Waals surface area contributed by atoms with Gasteiger partial charge in [-0.25, -0.2) is 0 Å². The molecule has 1 heterocycles. The number of nitrogens with one attached hydrogen (secondary N) is 2. The number of aryl methyl sites for hydroxylation is 1. The van der Waals surface area contributed by atoms with E-state index in [1.165, 1.54) is 0 Å². The first kappa shape index (κ1) is 23.9. The van der Waals surface area contributed by atoms with E-state index in [9.17, 15) is 8.78 Å². The standard InChI is InChI=1S/C24H31F2N3O3/c1-17-3-8-22(32-23(25)26)20(13-17)15-29-24(27-2)28-14-18-4-6-19(7-5-18)16-31-21-9-11-30-12-10-21/h3-8,13,21,23H,9-12,14-16H2,1-2H3,(H2,27,28,29). The quantitative estimate of drug-likeness (QED) is 0.447. The van der Waals surface area contributed by atoms with Crippen LogP contribution < -0.4 is 15.4 Å². The minimum atomic E-state index is -2.86. The summed E-state index contributed by atoms with van der Waals surface area (Å²) in [6.07, 6.45) is 2.18. The monoisotopic (exact) mass is 447 g/mol. The highest BCUT2D eigenvalue weighted by Gasteiger charge is 2.14. The summed E-state index contributed by atoms with van der Waals surface area (Å²) in [6, 6.07) is 13.4. The molecule has 174 valence electrons. The van der Waals surface area contributed by atoms with Crippen LogP contribution in [0, 0.1) is 6.92 Å². The molecule has 32 heavy (non-hydrogen) atoms. The van der Waals surface area contributed by atoms with E-state index in [1.807, 2.05) is 13.0 Å². The van der Waals surface area contributed by atoms with Crippen molar-refractivity contribution in [3.05, 3.63) is 64.7 Å². The lowest BCUT2D eigenvalue weighted by Crippen LogP contribution is -2.36. The van der Waals surface area contributed by atoms with Gasteiger partial charge in [-0.3, -0.25) is 4.99 Å². The van der Waals surface area contributed by atoms with Crippen LogP contribution in [0.25, 0.3) is 0 Å². The summed E-state index contributed by atoms with van der Waals surface area (Å²) in [6.45, 7) is 2.08. The van der Waals surface area contributed by atoms with Crippen molar-refractivity contribution in [2.24, 2.45) is 4.99 Å². The van der Waals surface area contributed by atoms with E-state index in [0.29, 0.717) is 31.2 Å². The summed E-state index contributed by atoms with van der Waals surface area (Å²) in [5, 5.41) is 6.39. The van der Waals surface area contributed by atoms with E-state index in [-0.39, 0.29) is 11.9 Å². The Morgan fingerprint density at radius 3 is 2.44 bits per heavy atom. The minimum Gasteiger partial charge on any atom is -0.434 e. The van der Waals surface area contributed by atoms with Crippen molar-refractivity contribution >= 4 is 5.96 Å². The number of hydrogen-bond acceptors (Lipinski definition) is 4. The minimum absolute atomic E-state index is 0.159. The predicted molar refractivity (Wildman–Crippen MR) is 120 cm³/mol. The molecule has 0 radical (unpaired) electrons. The second kappa shape index (κ2) is 12.4. The largest absolute Gasteiger partial charge is 0.434 e. The molecule has 2 N–H and O–H groups in total. The van der Waals surface area contributed by atoms with E-state index < -0.39 is 6.61 Å². The van der Waals surface area contributed by atoms with Crippen molar-refractivity contribution in [3.8, 4) is 5.75 Å². The van der Waals surface area contributed by atoms with Gasteiger partial charge in [0, 0.05) is 38.9 Å². The molecule has 0 atom stereocenters. The Kier molecular flexibility index (Phi) is 9.25. The fourth-order valence-electron chi connectivity index (χ4n) is 3.45. The lowest BCUT2D eigenvalue weighted by Gasteiger charge is -2.22. The molecule has 3 rings (SSSR count). The second-order valence-corrected chi connectivity index (χ2v) is 7.71. The van der Waals surface area contributed by atoms with Crippen molar-refractivity contribution in [1.82, 2.24) is 10.6 Å². The third-order valence-electron chi connectivity index (χ3n) is 5.24. The van der Waals surface area contributed by atoms with E-state index >= 15 is 0 Å². The molecule has 8 heteroatoms. The van der Waals surface area contributed by atoms with E-state index in [4.69, 9.17) is 9.47 Å². The molecule has 1 saturated heterocycles. The molecule has 0 aromatic heterocycles. The second-order valence-electron chi connectivity index (χ2n) is 7.71. The fourth-order valence-corrected chi connectivity index (χ4v) is 3.45. The van der Waals surface area contributed by atoms with Gasteiger partial charge in [0.15, 0.2) is 5.96 Å². The fraction of sp³-hybridized carbons (Fsp3) is 0.458. The van der Waals surface area contributed by atoms with Gasteiger partial charge in [0.2, 0.25) is 0 Å². The zero-order chi connectivity index (χ0) is 22.8. The SMILES string of the molecule is CN=C(NCc1ccc(COC2CCOCC2)cc1)NCc1cc(C)ccc1OC(F)F. The van der Waals surface area contributed by atoms with E-state index in [1.54, 1.807) is 19.2 Å². The first-order valence-corrected chi connectivity index (χ1v) is 10.8. The van der Waals surface area contributed by atoms with Crippen molar-refractivity contribution in [1.29, 1.82) is 0 Å². The van der Waals surface area contributed by atoms with Gasteiger partial charge in [0.05, 0.1) is 12.7 Å². The molecule has 2 aromatic carbocycles. The Labute approximate surface area is 188 Å². The molecule has 0 spiro atoms. The number of ether oxygens (including phenoxy) is 3. The Hall–Kier alpha value is -2.71. The van der Waals surface area contributed by atoms with Crippen LogP contribution in [0.15, 0.2) is 47.5 Å². The third-order valence-corrected chi connectivity index (χ3v) is 5.24. The van der Waals surface area contributed by atoms with Crippen molar-refractivity contribution in [3.63, 3.8) is 0 Å². The molecule has 0 saturated carbocycles. The lowest BCUT2D eigenvalue weighted by atomic mass is 10.1. The number of hydrogen-bond donors (Lipinski definition) is 2. The summed E-state index contributed by atoms with van der Waals surface area (Å²) in [7, 11) is 1.67. The summed E-state index contributed by atoms with van der Waals surface area (Å²) >= 11 is 0. The Bertz CT molecular complexity index is 869. The summed E-state index contributed by atoms with van der Waals surface area (Å²) < 4.78 is 41.2. The van der Waals surface area contributed by atoms with Gasteiger partial charge in [-0.2, -0.15) is 8.78 Å². The van der Waals surface area contributed by atoms with Crippen molar-refractivity contribution in [2.45, 2.75) is 52.2 Å². The molecular formula is C24H31F2N3O3. The number of rotatable bonds is 9. The molecular weight excluding hydrogens is 416 g/mol. The van der Waals surface area contributed by atoms with Gasteiger partial charge in [0.25, 0.3) is 0 Å². The molecule has 0 amide bonds. The topological polar surface area (TPSA) is 64.1 Å². The van der Waals surface area contributed by atoms with Crippen molar-refractivity contribution < 1.29 is 23.0 Å². The Morgan fingerprint density at radius 1 is 1.06 bits per heavy atom. The average molecular weight is 448 g/mol. The van der Waals surface area contributed by atoms with Crippen LogP contribution in [0.5, 0.6) is 5.75 Å². The number of nitrogens with zero attached hydrogens (tertiary/aromatic N) is 1. The first-order valence-electron chi connectivity index (χ1n) is 10.8. The first-order chi connectivity index (χ1) is 15.5. The molecule has 0 aliphatic carbocycles. The van der Waals surface area contributed by atoms with Crippen LogP contribution in [0.1, 0.15) is 35.1 Å². The molecule has 6 nitrogen and oxygen atoms in total. The molecule has 2 aromatic rings. The molecule has 0 bridgehead atoms. The van der Waals surface area contributed by atoms with Crippen LogP contribution >= 0.6 is 0 Å². The smallest absolute Gasteiger partial charge is 0.387 e. The number of halogens is 2. The van der Waals surface area contributed by atoms with E-state index in [2.05, 4.69) is 44.6 Å². The number of aliphatic imine (C=N–C) groups is 1. The zero-order valence-corrected chi connectivity index (χ0v) is 18.6. The van der Waals surface area contributed by atoms with Gasteiger partial charge in [0.1, 0.15) is 5.75 Å². The van der Waals surface area contributed by atoms with Gasteiger partial charge in [-0.05, 0) is 37.0 Å². The van der Waals surface area contributed by atoms with Crippen LogP contribution in [0.2, 0.25) is 0 Å².